The Hall–Kier alpha value is -2.60. The van der Waals surface area contributed by atoms with Crippen molar-refractivity contribution >= 4 is 11.9 Å². The van der Waals surface area contributed by atoms with Crippen LogP contribution in [0.1, 0.15) is 48.5 Å². The summed E-state index contributed by atoms with van der Waals surface area (Å²) >= 11 is 0. The molecule has 6 nitrogen and oxygen atoms in total. The van der Waals surface area contributed by atoms with Crippen molar-refractivity contribution in [3.63, 3.8) is 0 Å². The van der Waals surface area contributed by atoms with E-state index in [2.05, 4.69) is 0 Å². The molecule has 0 atom stereocenters. The van der Waals surface area contributed by atoms with Crippen molar-refractivity contribution in [1.29, 1.82) is 10.5 Å². The van der Waals surface area contributed by atoms with Gasteiger partial charge in [0.1, 0.15) is 28.9 Å². The molecule has 24 heavy (non-hydrogen) atoms. The van der Waals surface area contributed by atoms with Crippen molar-refractivity contribution in [3.8, 4) is 12.1 Å². The summed E-state index contributed by atoms with van der Waals surface area (Å²) in [7, 11) is 3.26. The van der Waals surface area contributed by atoms with Crippen LogP contribution in [0.25, 0.3) is 0 Å². The summed E-state index contributed by atoms with van der Waals surface area (Å²) in [6.45, 7) is 12.2. The van der Waals surface area contributed by atoms with Gasteiger partial charge in [-0.2, -0.15) is 10.5 Å². The fraction of sp³-hybridized carbons (Fsp3) is 0.556. The summed E-state index contributed by atoms with van der Waals surface area (Å²) in [6.07, 6.45) is 0. The molecule has 0 aliphatic heterocycles. The molecule has 6 heteroatoms. The summed E-state index contributed by atoms with van der Waals surface area (Å²) in [5.74, 6) is -0.775. The van der Waals surface area contributed by atoms with Gasteiger partial charge in [-0.25, -0.2) is 4.79 Å². The normalized spacial score (nSPS) is 9.29. The molecule has 0 saturated carbocycles. The van der Waals surface area contributed by atoms with E-state index >= 15 is 0 Å². The van der Waals surface area contributed by atoms with Crippen molar-refractivity contribution in [2.45, 2.75) is 54.1 Å². The number of nitrogens with zero attached hydrogens (tertiary/aromatic N) is 3. The lowest BCUT2D eigenvalue weighted by Gasteiger charge is -2.19. The van der Waals surface area contributed by atoms with Gasteiger partial charge in [0, 0.05) is 14.1 Å². The summed E-state index contributed by atoms with van der Waals surface area (Å²) in [5.41, 5.74) is 1.21. The molecule has 0 aromatic heterocycles. The number of amides is 1. The molecule has 132 valence electrons. The molecule has 0 aliphatic rings. The number of esters is 1. The van der Waals surface area contributed by atoms with Gasteiger partial charge >= 0.3 is 5.97 Å². The quantitative estimate of drug-likeness (QED) is 0.439. The maximum atomic E-state index is 11.3. The van der Waals surface area contributed by atoms with Crippen LogP contribution in [-0.4, -0.2) is 36.5 Å². The molecule has 0 heterocycles. The van der Waals surface area contributed by atoms with Crippen molar-refractivity contribution in [1.82, 2.24) is 4.90 Å². The van der Waals surface area contributed by atoms with Crippen LogP contribution < -0.4 is 0 Å². The summed E-state index contributed by atoms with van der Waals surface area (Å²) in [4.78, 5) is 23.9. The first kappa shape index (κ1) is 23.7. The maximum Gasteiger partial charge on any atom is 0.349 e. The molecule has 0 spiro atoms. The van der Waals surface area contributed by atoms with Crippen LogP contribution in [0.3, 0.4) is 0 Å². The molecule has 0 rings (SSSR count). The highest BCUT2D eigenvalue weighted by Crippen LogP contribution is 2.12. The maximum absolute atomic E-state index is 11.3. The zero-order chi connectivity index (χ0) is 19.7. The molecule has 0 aromatic rings. The van der Waals surface area contributed by atoms with Gasteiger partial charge < -0.3 is 9.64 Å². The first-order valence-corrected chi connectivity index (χ1v) is 7.38. The predicted octanol–water partition coefficient (Wildman–Crippen LogP) is 3.12. The SMILES string of the molecule is CC(C)=C(C#N)C(=O)N(C)C.CC(C)=C(C#N)C(=O)OC(C)(C)C. The largest absolute Gasteiger partial charge is 0.456 e. The van der Waals surface area contributed by atoms with Crippen molar-refractivity contribution in [3.05, 3.63) is 22.3 Å². The van der Waals surface area contributed by atoms with Gasteiger partial charge in [0.15, 0.2) is 0 Å². The topological polar surface area (TPSA) is 94.2 Å². The number of hydrogen-bond donors (Lipinski definition) is 0. The van der Waals surface area contributed by atoms with E-state index in [1.165, 1.54) is 4.90 Å². The van der Waals surface area contributed by atoms with Crippen LogP contribution in [0.15, 0.2) is 22.3 Å². The van der Waals surface area contributed by atoms with E-state index in [4.69, 9.17) is 15.3 Å². The highest BCUT2D eigenvalue weighted by Gasteiger charge is 2.20. The summed E-state index contributed by atoms with van der Waals surface area (Å²) < 4.78 is 5.03. The van der Waals surface area contributed by atoms with Gasteiger partial charge in [0.2, 0.25) is 0 Å². The molecule has 0 aromatic carbocycles. The number of rotatable bonds is 2. The third kappa shape index (κ3) is 9.42. The first-order chi connectivity index (χ1) is 10.8. The number of nitriles is 2. The minimum absolute atomic E-state index is 0.0925. The molecule has 0 N–H and O–H groups in total. The van der Waals surface area contributed by atoms with Gasteiger partial charge in [-0.1, -0.05) is 11.1 Å². The summed E-state index contributed by atoms with van der Waals surface area (Å²) in [5, 5.41) is 17.2. The van der Waals surface area contributed by atoms with E-state index in [1.807, 2.05) is 12.1 Å². The van der Waals surface area contributed by atoms with E-state index in [0.29, 0.717) is 5.57 Å². The van der Waals surface area contributed by atoms with Gasteiger partial charge in [-0.3, -0.25) is 4.79 Å². The molecule has 0 fully saturated rings. The highest BCUT2D eigenvalue weighted by molar-refractivity contribution is 5.97. The fourth-order valence-electron chi connectivity index (χ4n) is 1.29. The zero-order valence-electron chi connectivity index (χ0n) is 16.1. The number of carbonyl (C=O) groups excluding carboxylic acids is 2. The van der Waals surface area contributed by atoms with E-state index < -0.39 is 11.6 Å². The Kier molecular flexibility index (Phi) is 10.1. The lowest BCUT2D eigenvalue weighted by molar-refractivity contribution is -0.149. The lowest BCUT2D eigenvalue weighted by Crippen LogP contribution is -2.24. The van der Waals surface area contributed by atoms with Crippen LogP contribution in [0.5, 0.6) is 0 Å². The molecule has 0 unspecified atom stereocenters. The van der Waals surface area contributed by atoms with Crippen LogP contribution in [0, 0.1) is 22.7 Å². The van der Waals surface area contributed by atoms with Crippen molar-refractivity contribution in [2.24, 2.45) is 0 Å². The van der Waals surface area contributed by atoms with Gasteiger partial charge in [-0.15, -0.1) is 0 Å². The highest BCUT2D eigenvalue weighted by atomic mass is 16.6. The summed E-state index contributed by atoms with van der Waals surface area (Å²) in [6, 6.07) is 3.70. The Balaban J connectivity index is 0. The second-order valence-electron chi connectivity index (χ2n) is 6.68. The van der Waals surface area contributed by atoms with Crippen molar-refractivity contribution < 1.29 is 14.3 Å². The number of likely N-dealkylation sites (N-methyl/N-ethyl adjacent to an activating group) is 1. The second-order valence-corrected chi connectivity index (χ2v) is 6.68. The zero-order valence-corrected chi connectivity index (χ0v) is 16.1. The fourth-order valence-corrected chi connectivity index (χ4v) is 1.29. The van der Waals surface area contributed by atoms with Crippen LogP contribution in [0.4, 0.5) is 0 Å². The Morgan fingerprint density at radius 2 is 1.25 bits per heavy atom. The average molecular weight is 333 g/mol. The third-order valence-corrected chi connectivity index (χ3v) is 2.45. The van der Waals surface area contributed by atoms with E-state index in [1.54, 1.807) is 62.6 Å². The lowest BCUT2D eigenvalue weighted by atomic mass is 10.1. The molecule has 0 radical (unpaired) electrons. The Labute approximate surface area is 145 Å². The Morgan fingerprint density at radius 3 is 1.42 bits per heavy atom. The van der Waals surface area contributed by atoms with Gasteiger partial charge in [0.05, 0.1) is 0 Å². The third-order valence-electron chi connectivity index (χ3n) is 2.45. The molecular weight excluding hydrogens is 306 g/mol. The number of carbonyl (C=O) groups is 2. The number of allylic oxidation sites excluding steroid dienone is 2. The van der Waals surface area contributed by atoms with E-state index in [-0.39, 0.29) is 17.1 Å². The second kappa shape index (κ2) is 10.2. The van der Waals surface area contributed by atoms with E-state index in [9.17, 15) is 9.59 Å². The molecule has 0 bridgehead atoms. The van der Waals surface area contributed by atoms with E-state index in [0.717, 1.165) is 5.57 Å². The van der Waals surface area contributed by atoms with Crippen LogP contribution >= 0.6 is 0 Å². The minimum Gasteiger partial charge on any atom is -0.456 e. The first-order valence-electron chi connectivity index (χ1n) is 7.38. The number of hydrogen-bond acceptors (Lipinski definition) is 5. The predicted molar refractivity (Wildman–Crippen MR) is 92.5 cm³/mol. The van der Waals surface area contributed by atoms with Crippen molar-refractivity contribution in [2.75, 3.05) is 14.1 Å². The molecular formula is C18H27N3O3. The molecule has 0 saturated heterocycles. The smallest absolute Gasteiger partial charge is 0.349 e. The van der Waals surface area contributed by atoms with Gasteiger partial charge in [0.25, 0.3) is 5.91 Å². The molecule has 1 amide bonds. The Bertz CT molecular complexity index is 613. The Morgan fingerprint density at radius 1 is 0.875 bits per heavy atom. The van der Waals surface area contributed by atoms with Gasteiger partial charge in [-0.05, 0) is 48.5 Å². The standard InChI is InChI=1S/C10H15NO2.C8H12N2O/c1-7(2)8(6-11)9(12)13-10(3,4)5;1-6(2)7(5-9)8(11)10(3)4/h1-5H3;1-4H3. The minimum atomic E-state index is -0.547. The molecule has 0 aliphatic carbocycles. The van der Waals surface area contributed by atoms with Crippen LogP contribution in [0.2, 0.25) is 0 Å². The average Bonchev–Trinajstić information content (AvgIpc) is 2.37. The van der Waals surface area contributed by atoms with Crippen LogP contribution in [-0.2, 0) is 14.3 Å². The monoisotopic (exact) mass is 333 g/mol. The number of ether oxygens (including phenoxy) is 1.